The van der Waals surface area contributed by atoms with Crippen molar-refractivity contribution in [3.63, 3.8) is 0 Å². The SMILES string of the molecule is NCCNCCC(=O)CCCCOCCOCCOCCCCC(=O)CCC(NC(=O)c1ccc(NCc2cnc3c(=O)[nH]c(N)nc3n2)cc1)C(=O)O. The summed E-state index contributed by atoms with van der Waals surface area (Å²) in [5.74, 6) is -1.70. The second-order valence-corrected chi connectivity index (χ2v) is 12.4. The number of benzene rings is 1. The van der Waals surface area contributed by atoms with Crippen molar-refractivity contribution in [2.45, 2.75) is 70.4 Å². The molecule has 0 aliphatic carbocycles. The molecule has 0 saturated carbocycles. The second-order valence-electron chi connectivity index (χ2n) is 12.4. The van der Waals surface area contributed by atoms with Gasteiger partial charge in [0, 0.05) is 69.8 Å². The molecule has 1 amide bonds. The van der Waals surface area contributed by atoms with Crippen molar-refractivity contribution in [3.8, 4) is 0 Å². The second kappa shape index (κ2) is 25.2. The maximum atomic E-state index is 12.8. The van der Waals surface area contributed by atoms with E-state index in [2.05, 4.69) is 35.9 Å². The quantitative estimate of drug-likeness (QED) is 0.0473. The van der Waals surface area contributed by atoms with Gasteiger partial charge >= 0.3 is 5.97 Å². The van der Waals surface area contributed by atoms with Gasteiger partial charge < -0.3 is 46.7 Å². The van der Waals surface area contributed by atoms with Gasteiger partial charge in [0.25, 0.3) is 11.5 Å². The Morgan fingerprint density at radius 1 is 0.815 bits per heavy atom. The molecular weight excluding hydrogens is 702 g/mol. The van der Waals surface area contributed by atoms with Crippen LogP contribution in [0.15, 0.2) is 35.3 Å². The van der Waals surface area contributed by atoms with E-state index in [9.17, 15) is 29.1 Å². The van der Waals surface area contributed by atoms with Crippen molar-refractivity contribution in [1.29, 1.82) is 0 Å². The highest BCUT2D eigenvalue weighted by atomic mass is 16.5. The van der Waals surface area contributed by atoms with Crippen LogP contribution >= 0.6 is 0 Å². The summed E-state index contributed by atoms with van der Waals surface area (Å²) in [5.41, 5.74) is 12.1. The molecule has 3 rings (SSSR count). The Kier molecular flexibility index (Phi) is 20.3. The molecule has 0 bridgehead atoms. The first-order valence-electron chi connectivity index (χ1n) is 18.2. The van der Waals surface area contributed by atoms with Gasteiger partial charge in [-0.25, -0.2) is 14.8 Å². The van der Waals surface area contributed by atoms with Gasteiger partial charge in [-0.2, -0.15) is 4.98 Å². The Labute approximate surface area is 313 Å². The maximum Gasteiger partial charge on any atom is 0.326 e. The van der Waals surface area contributed by atoms with E-state index in [1.54, 1.807) is 24.3 Å². The van der Waals surface area contributed by atoms with E-state index in [-0.39, 0.29) is 53.6 Å². The minimum absolute atomic E-state index is 0.0240. The fourth-order valence-electron chi connectivity index (χ4n) is 5.09. The molecule has 0 spiro atoms. The molecule has 0 saturated heterocycles. The van der Waals surface area contributed by atoms with Crippen molar-refractivity contribution in [2.75, 3.05) is 70.3 Å². The molecule has 9 N–H and O–H groups in total. The number of carboxylic acids is 1. The zero-order chi connectivity index (χ0) is 39.0. The summed E-state index contributed by atoms with van der Waals surface area (Å²) in [7, 11) is 0. The molecule has 0 radical (unpaired) electrons. The van der Waals surface area contributed by atoms with Gasteiger partial charge in [-0.3, -0.25) is 24.2 Å². The number of rotatable bonds is 30. The van der Waals surface area contributed by atoms with Crippen LogP contribution in [-0.2, 0) is 35.1 Å². The van der Waals surface area contributed by atoms with E-state index in [4.69, 9.17) is 25.7 Å². The molecule has 2 aromatic heterocycles. The third-order valence-corrected chi connectivity index (χ3v) is 8.06. The summed E-state index contributed by atoms with van der Waals surface area (Å²) in [6.07, 6.45) is 5.74. The van der Waals surface area contributed by atoms with Crippen LogP contribution in [0, 0.1) is 0 Å². The first-order valence-corrected chi connectivity index (χ1v) is 18.2. The topological polar surface area (TPSA) is 276 Å². The van der Waals surface area contributed by atoms with Gasteiger partial charge in [0.05, 0.1) is 44.9 Å². The molecule has 18 nitrogen and oxygen atoms in total. The Morgan fingerprint density at radius 3 is 2.07 bits per heavy atom. The number of carbonyl (C=O) groups is 4. The number of fused-ring (bicyclic) bond motifs is 1. The lowest BCUT2D eigenvalue weighted by Crippen LogP contribution is -2.41. The van der Waals surface area contributed by atoms with Gasteiger partial charge in [0.15, 0.2) is 11.2 Å². The third kappa shape index (κ3) is 17.3. The molecule has 0 aliphatic rings. The standard InChI is InChI=1S/C36H53N9O9/c37-14-16-39-15-13-29(47)6-2-4-18-53-20-22-54-21-19-52-17-3-1-5-28(46)11-12-30(35(50)51)43-33(48)25-7-9-26(10-8-25)40-23-27-24-41-31-32(42-27)44-36(38)45-34(31)49/h7-10,24,30,39-40H,1-6,11-23,37H2,(H,43,48)(H,50,51)(H3,38,42,44,45,49). The van der Waals surface area contributed by atoms with Gasteiger partial charge in [-0.05, 0) is 56.4 Å². The van der Waals surface area contributed by atoms with Crippen LogP contribution in [0.25, 0.3) is 11.2 Å². The van der Waals surface area contributed by atoms with Crippen molar-refractivity contribution in [1.82, 2.24) is 30.6 Å². The molecule has 3 aromatic rings. The maximum absolute atomic E-state index is 12.8. The average Bonchev–Trinajstić information content (AvgIpc) is 3.15. The van der Waals surface area contributed by atoms with Crippen LogP contribution < -0.4 is 33.0 Å². The van der Waals surface area contributed by atoms with Crippen LogP contribution in [0.4, 0.5) is 11.6 Å². The number of aromatic amines is 1. The number of aromatic nitrogens is 4. The Balaban J connectivity index is 1.19. The largest absolute Gasteiger partial charge is 0.480 e. The van der Waals surface area contributed by atoms with Crippen molar-refractivity contribution in [3.05, 3.63) is 52.1 Å². The first kappa shape index (κ1) is 43.5. The lowest BCUT2D eigenvalue weighted by Gasteiger charge is -2.14. The van der Waals surface area contributed by atoms with Crippen LogP contribution in [-0.4, -0.2) is 114 Å². The van der Waals surface area contributed by atoms with E-state index in [0.717, 1.165) is 19.4 Å². The lowest BCUT2D eigenvalue weighted by molar-refractivity contribution is -0.139. The fourth-order valence-corrected chi connectivity index (χ4v) is 5.09. The van der Waals surface area contributed by atoms with Crippen LogP contribution in [0.3, 0.4) is 0 Å². The zero-order valence-electron chi connectivity index (χ0n) is 30.6. The summed E-state index contributed by atoms with van der Waals surface area (Å²) in [4.78, 5) is 75.4. The number of nitrogens with zero attached hydrogens (tertiary/aromatic N) is 3. The van der Waals surface area contributed by atoms with Crippen molar-refractivity contribution >= 4 is 46.2 Å². The molecular formula is C36H53N9O9. The van der Waals surface area contributed by atoms with E-state index in [1.165, 1.54) is 6.20 Å². The number of ether oxygens (including phenoxy) is 3. The highest BCUT2D eigenvalue weighted by Gasteiger charge is 2.22. The first-order chi connectivity index (χ1) is 26.2. The highest BCUT2D eigenvalue weighted by molar-refractivity contribution is 5.97. The molecule has 1 aromatic carbocycles. The monoisotopic (exact) mass is 755 g/mol. The number of hydrogen-bond acceptors (Lipinski definition) is 15. The number of H-pyrrole nitrogens is 1. The minimum atomic E-state index is -1.22. The molecule has 1 unspecified atom stereocenters. The molecule has 0 aliphatic heterocycles. The molecule has 54 heavy (non-hydrogen) atoms. The van der Waals surface area contributed by atoms with Crippen LogP contribution in [0.5, 0.6) is 0 Å². The van der Waals surface area contributed by atoms with Gasteiger partial charge in [0.1, 0.15) is 17.6 Å². The van der Waals surface area contributed by atoms with E-state index in [0.29, 0.717) is 96.2 Å². The normalized spacial score (nSPS) is 11.7. The number of carbonyl (C=O) groups excluding carboxylic acids is 3. The van der Waals surface area contributed by atoms with E-state index >= 15 is 0 Å². The summed E-state index contributed by atoms with van der Waals surface area (Å²) in [5, 5.41) is 18.4. The highest BCUT2D eigenvalue weighted by Crippen LogP contribution is 2.13. The number of anilines is 2. The third-order valence-electron chi connectivity index (χ3n) is 8.06. The van der Waals surface area contributed by atoms with Gasteiger partial charge in [-0.15, -0.1) is 0 Å². The number of hydrogen-bond donors (Lipinski definition) is 7. The molecule has 18 heteroatoms. The van der Waals surface area contributed by atoms with Gasteiger partial charge in [-0.1, -0.05) is 0 Å². The Bertz CT molecular complexity index is 1670. The average molecular weight is 756 g/mol. The predicted octanol–water partition coefficient (Wildman–Crippen LogP) is 1.34. The number of amides is 1. The van der Waals surface area contributed by atoms with E-state index in [1.807, 2.05) is 0 Å². The van der Waals surface area contributed by atoms with Crippen molar-refractivity contribution < 1.29 is 38.5 Å². The summed E-state index contributed by atoms with van der Waals surface area (Å²) >= 11 is 0. The lowest BCUT2D eigenvalue weighted by atomic mass is 10.0. The number of unbranched alkanes of at least 4 members (excludes halogenated alkanes) is 2. The number of ketones is 2. The minimum Gasteiger partial charge on any atom is -0.480 e. The van der Waals surface area contributed by atoms with Crippen LogP contribution in [0.1, 0.15) is 73.8 Å². The van der Waals surface area contributed by atoms with E-state index < -0.39 is 23.5 Å². The zero-order valence-corrected chi connectivity index (χ0v) is 30.6. The number of aliphatic carboxylic acids is 1. The molecule has 2 heterocycles. The number of nitrogens with two attached hydrogens (primary N) is 2. The smallest absolute Gasteiger partial charge is 0.326 e. The van der Waals surface area contributed by atoms with Crippen molar-refractivity contribution in [2.24, 2.45) is 5.73 Å². The molecule has 1 atom stereocenters. The Hall–Kier alpha value is -4.88. The number of Topliss-reactive ketones (excluding diaryl/α,β-unsaturated/α-hetero) is 2. The molecule has 0 fully saturated rings. The molecule has 296 valence electrons. The number of nitrogen functional groups attached to an aromatic ring is 1. The Morgan fingerprint density at radius 2 is 1.44 bits per heavy atom. The summed E-state index contributed by atoms with van der Waals surface area (Å²) < 4.78 is 16.6. The summed E-state index contributed by atoms with van der Waals surface area (Å²) in [6.45, 7) is 5.06. The summed E-state index contributed by atoms with van der Waals surface area (Å²) in [6, 6.07) is 5.17. The number of nitrogens with one attached hydrogen (secondary N) is 4. The van der Waals surface area contributed by atoms with Crippen LogP contribution in [0.2, 0.25) is 0 Å². The van der Waals surface area contributed by atoms with Gasteiger partial charge in [0.2, 0.25) is 5.95 Å². The number of carboxylic acid groups (broad SMARTS) is 1. The predicted molar refractivity (Wildman–Crippen MR) is 201 cm³/mol. The fraction of sp³-hybridized carbons (Fsp3) is 0.556.